The number of benzene rings is 2. The van der Waals surface area contributed by atoms with Crippen molar-refractivity contribution in [3.8, 4) is 5.75 Å². The van der Waals surface area contributed by atoms with Crippen molar-refractivity contribution in [3.05, 3.63) is 52.0 Å². The van der Waals surface area contributed by atoms with E-state index in [1.54, 1.807) is 24.3 Å². The lowest BCUT2D eigenvalue weighted by Gasteiger charge is -2.28. The number of amides is 1. The Bertz CT molecular complexity index is 921. The Labute approximate surface area is 166 Å². The minimum absolute atomic E-state index is 0.248. The average molecular weight is 462 g/mol. The van der Waals surface area contributed by atoms with Crippen molar-refractivity contribution >= 4 is 54.8 Å². The van der Waals surface area contributed by atoms with Crippen LogP contribution in [0.25, 0.3) is 0 Å². The van der Waals surface area contributed by atoms with Crippen molar-refractivity contribution in [2.45, 2.75) is 13.0 Å². The van der Waals surface area contributed by atoms with Gasteiger partial charge in [-0.1, -0.05) is 33.6 Å². The number of rotatable bonds is 6. The topological polar surface area (TPSA) is 75.7 Å². The van der Waals surface area contributed by atoms with Crippen LogP contribution in [0, 0.1) is 0 Å². The molecule has 1 atom stereocenters. The van der Waals surface area contributed by atoms with Gasteiger partial charge in [0, 0.05) is 10.2 Å². The Kier molecular flexibility index (Phi) is 6.54. The van der Waals surface area contributed by atoms with E-state index in [9.17, 15) is 13.2 Å². The normalized spacial score (nSPS) is 12.3. The number of sulfonamides is 1. The van der Waals surface area contributed by atoms with E-state index in [0.29, 0.717) is 11.4 Å². The van der Waals surface area contributed by atoms with Crippen LogP contribution < -0.4 is 14.4 Å². The van der Waals surface area contributed by atoms with E-state index in [-0.39, 0.29) is 10.7 Å². The summed E-state index contributed by atoms with van der Waals surface area (Å²) in [4.78, 5) is 12.6. The summed E-state index contributed by atoms with van der Waals surface area (Å²) in [5.74, 6) is -0.0597. The highest BCUT2D eigenvalue weighted by Crippen LogP contribution is 2.31. The maximum atomic E-state index is 12.6. The minimum atomic E-state index is -3.74. The fraction of sp³-hybridized carbons (Fsp3) is 0.235. The van der Waals surface area contributed by atoms with Gasteiger partial charge in [-0.2, -0.15) is 0 Å². The quantitative estimate of drug-likeness (QED) is 0.708. The van der Waals surface area contributed by atoms with Crippen molar-refractivity contribution in [2.75, 3.05) is 23.0 Å². The molecule has 0 spiro atoms. The summed E-state index contributed by atoms with van der Waals surface area (Å²) < 4.78 is 31.5. The molecule has 0 saturated heterocycles. The molecule has 2 aromatic rings. The molecule has 9 heteroatoms. The molecule has 1 N–H and O–H groups in total. The van der Waals surface area contributed by atoms with Crippen LogP contribution in [0.5, 0.6) is 5.75 Å². The second-order valence-corrected chi connectivity index (χ2v) is 8.74. The third-order valence-electron chi connectivity index (χ3n) is 3.57. The summed E-state index contributed by atoms with van der Waals surface area (Å²) in [6, 6.07) is 10.6. The minimum Gasteiger partial charge on any atom is -0.495 e. The lowest BCUT2D eigenvalue weighted by molar-refractivity contribution is -0.116. The molecular weight excluding hydrogens is 444 g/mol. The Balaban J connectivity index is 2.34. The maximum Gasteiger partial charge on any atom is 0.247 e. The largest absolute Gasteiger partial charge is 0.495 e. The SMILES string of the molecule is COc1ccc(N([C@@H](C)C(=O)Nc2cccc(Br)c2)S(C)(=O)=O)cc1Cl. The van der Waals surface area contributed by atoms with Crippen molar-refractivity contribution < 1.29 is 17.9 Å². The third kappa shape index (κ3) is 4.90. The number of hydrogen-bond donors (Lipinski definition) is 1. The van der Waals surface area contributed by atoms with Gasteiger partial charge in [0.25, 0.3) is 0 Å². The first-order chi connectivity index (χ1) is 12.1. The molecule has 0 aliphatic heterocycles. The monoisotopic (exact) mass is 460 g/mol. The van der Waals surface area contributed by atoms with E-state index >= 15 is 0 Å². The van der Waals surface area contributed by atoms with Gasteiger partial charge >= 0.3 is 0 Å². The second-order valence-electron chi connectivity index (χ2n) is 5.55. The van der Waals surface area contributed by atoms with E-state index in [0.717, 1.165) is 15.0 Å². The Morgan fingerprint density at radius 2 is 1.96 bits per heavy atom. The summed E-state index contributed by atoms with van der Waals surface area (Å²) in [5.41, 5.74) is 0.827. The van der Waals surface area contributed by atoms with Crippen molar-refractivity contribution in [2.24, 2.45) is 0 Å². The number of halogens is 2. The molecule has 0 unspecified atom stereocenters. The van der Waals surface area contributed by atoms with Gasteiger partial charge in [-0.3, -0.25) is 9.10 Å². The highest BCUT2D eigenvalue weighted by Gasteiger charge is 2.29. The number of carbonyl (C=O) groups is 1. The number of anilines is 2. The van der Waals surface area contributed by atoms with Crippen LogP contribution in [0.3, 0.4) is 0 Å². The van der Waals surface area contributed by atoms with Crippen LogP contribution in [0.4, 0.5) is 11.4 Å². The standard InChI is InChI=1S/C17H18BrClN2O4S/c1-11(17(22)20-13-6-4-5-12(18)9-13)21(26(3,23)24)14-7-8-16(25-2)15(19)10-14/h4-11H,1-3H3,(H,20,22)/t11-/m0/s1. The molecular formula is C17H18BrClN2O4S. The zero-order valence-corrected chi connectivity index (χ0v) is 17.5. The molecule has 0 fully saturated rings. The van der Waals surface area contributed by atoms with Gasteiger partial charge in [0.2, 0.25) is 15.9 Å². The lowest BCUT2D eigenvalue weighted by Crippen LogP contribution is -2.45. The van der Waals surface area contributed by atoms with E-state index in [1.165, 1.54) is 26.2 Å². The van der Waals surface area contributed by atoms with Crippen molar-refractivity contribution in [3.63, 3.8) is 0 Å². The number of hydrogen-bond acceptors (Lipinski definition) is 4. The van der Waals surface area contributed by atoms with E-state index in [1.807, 2.05) is 6.07 Å². The Hall–Kier alpha value is -1.77. The number of methoxy groups -OCH3 is 1. The fourth-order valence-electron chi connectivity index (χ4n) is 2.41. The van der Waals surface area contributed by atoms with Crippen LogP contribution in [0.2, 0.25) is 5.02 Å². The molecule has 140 valence electrons. The van der Waals surface area contributed by atoms with Gasteiger partial charge in [0.1, 0.15) is 11.8 Å². The zero-order valence-electron chi connectivity index (χ0n) is 14.4. The molecule has 0 heterocycles. The van der Waals surface area contributed by atoms with Gasteiger partial charge in [0.15, 0.2) is 0 Å². The van der Waals surface area contributed by atoms with E-state index in [4.69, 9.17) is 16.3 Å². The summed E-state index contributed by atoms with van der Waals surface area (Å²) in [5, 5.41) is 2.96. The van der Waals surface area contributed by atoms with Crippen molar-refractivity contribution in [1.82, 2.24) is 0 Å². The highest BCUT2D eigenvalue weighted by atomic mass is 79.9. The first-order valence-electron chi connectivity index (χ1n) is 7.53. The number of nitrogens with one attached hydrogen (secondary N) is 1. The third-order valence-corrected chi connectivity index (χ3v) is 5.60. The summed E-state index contributed by atoms with van der Waals surface area (Å²) >= 11 is 9.43. The lowest BCUT2D eigenvalue weighted by atomic mass is 10.2. The van der Waals surface area contributed by atoms with Crippen LogP contribution in [-0.4, -0.2) is 33.7 Å². The summed E-state index contributed by atoms with van der Waals surface area (Å²) in [6.07, 6.45) is 1.04. The first-order valence-corrected chi connectivity index (χ1v) is 10.5. The van der Waals surface area contributed by atoms with Crippen molar-refractivity contribution in [1.29, 1.82) is 0 Å². The molecule has 0 saturated carbocycles. The first kappa shape index (κ1) is 20.5. The van der Waals surface area contributed by atoms with E-state index < -0.39 is 22.0 Å². The van der Waals surface area contributed by atoms with Gasteiger partial charge < -0.3 is 10.1 Å². The van der Waals surface area contributed by atoms with E-state index in [2.05, 4.69) is 21.2 Å². The van der Waals surface area contributed by atoms with Crippen LogP contribution in [-0.2, 0) is 14.8 Å². The van der Waals surface area contributed by atoms with Crippen LogP contribution >= 0.6 is 27.5 Å². The van der Waals surface area contributed by atoms with Gasteiger partial charge in [-0.05, 0) is 43.3 Å². The fourth-order valence-corrected chi connectivity index (χ4v) is 4.23. The highest BCUT2D eigenvalue weighted by molar-refractivity contribution is 9.10. The second kappa shape index (κ2) is 8.28. The molecule has 0 aliphatic carbocycles. The smallest absolute Gasteiger partial charge is 0.247 e. The predicted molar refractivity (Wildman–Crippen MR) is 108 cm³/mol. The molecule has 26 heavy (non-hydrogen) atoms. The van der Waals surface area contributed by atoms with Crippen LogP contribution in [0.15, 0.2) is 46.9 Å². The summed E-state index contributed by atoms with van der Waals surface area (Å²) in [7, 11) is -2.27. The molecule has 1 amide bonds. The number of nitrogens with zero attached hydrogens (tertiary/aromatic N) is 1. The zero-order chi connectivity index (χ0) is 19.5. The molecule has 0 radical (unpaired) electrons. The number of carbonyl (C=O) groups excluding carboxylic acids is 1. The summed E-state index contributed by atoms with van der Waals surface area (Å²) in [6.45, 7) is 1.51. The molecule has 0 bridgehead atoms. The maximum absolute atomic E-state index is 12.6. The van der Waals surface area contributed by atoms with Gasteiger partial charge in [-0.15, -0.1) is 0 Å². The molecule has 2 aromatic carbocycles. The number of ether oxygens (including phenoxy) is 1. The van der Waals surface area contributed by atoms with Gasteiger partial charge in [-0.25, -0.2) is 8.42 Å². The molecule has 2 rings (SSSR count). The van der Waals surface area contributed by atoms with Gasteiger partial charge in [0.05, 0.1) is 24.1 Å². The Morgan fingerprint density at radius 3 is 2.50 bits per heavy atom. The van der Waals surface area contributed by atoms with Crippen LogP contribution in [0.1, 0.15) is 6.92 Å². The molecule has 0 aromatic heterocycles. The Morgan fingerprint density at radius 1 is 1.27 bits per heavy atom. The predicted octanol–water partition coefficient (Wildman–Crippen LogP) is 3.90. The molecule has 0 aliphatic rings. The molecule has 6 nitrogen and oxygen atoms in total. The average Bonchev–Trinajstić information content (AvgIpc) is 2.53.